The van der Waals surface area contributed by atoms with Crippen molar-refractivity contribution in [3.05, 3.63) is 115 Å². The van der Waals surface area contributed by atoms with Crippen molar-refractivity contribution in [2.45, 2.75) is 0 Å². The predicted octanol–water partition coefficient (Wildman–Crippen LogP) is 6.66. The first-order valence-corrected chi connectivity index (χ1v) is 8.94. The van der Waals surface area contributed by atoms with Gasteiger partial charge in [-0.2, -0.15) is 5.10 Å². The van der Waals surface area contributed by atoms with E-state index in [0.29, 0.717) is 0 Å². The highest BCUT2D eigenvalue weighted by atomic mass is 15.5. The molecule has 0 saturated carbocycles. The maximum Gasteiger partial charge on any atom is 0.0730 e. The molecule has 0 spiro atoms. The fourth-order valence-corrected chi connectivity index (χ4v) is 3.07. The molecule has 4 aromatic carbocycles. The van der Waals surface area contributed by atoms with Crippen LogP contribution in [0, 0.1) is 0 Å². The lowest BCUT2D eigenvalue weighted by molar-refractivity contribution is 1.10. The van der Waals surface area contributed by atoms with Gasteiger partial charge in [-0.1, -0.05) is 91.5 Å². The summed E-state index contributed by atoms with van der Waals surface area (Å²) in [7, 11) is 0. The molecule has 0 saturated heterocycles. The van der Waals surface area contributed by atoms with Gasteiger partial charge in [0.1, 0.15) is 0 Å². The van der Waals surface area contributed by atoms with Gasteiger partial charge in [0, 0.05) is 5.39 Å². The van der Waals surface area contributed by atoms with Crippen LogP contribution in [0.5, 0.6) is 0 Å². The minimum atomic E-state index is 1.02. The summed E-state index contributed by atoms with van der Waals surface area (Å²) in [6, 6.07) is 33.1. The number of nitrogens with zero attached hydrogens (tertiary/aromatic N) is 2. The van der Waals surface area contributed by atoms with Gasteiger partial charge in [-0.05, 0) is 34.7 Å². The molecule has 0 aliphatic carbocycles. The smallest absolute Gasteiger partial charge is 0.0730 e. The Hall–Kier alpha value is -3.65. The highest BCUT2D eigenvalue weighted by molar-refractivity contribution is 5.96. The van der Waals surface area contributed by atoms with Gasteiger partial charge in [-0.3, -0.25) is 0 Å². The van der Waals surface area contributed by atoms with Gasteiger partial charge >= 0.3 is 0 Å². The van der Waals surface area contributed by atoms with Crippen molar-refractivity contribution in [1.29, 1.82) is 0 Å². The Bertz CT molecular complexity index is 1070. The molecule has 0 N–H and O–H groups in total. The van der Waals surface area contributed by atoms with Gasteiger partial charge in [0.05, 0.1) is 17.6 Å². The highest BCUT2D eigenvalue weighted by Gasteiger charge is 2.11. The zero-order valence-electron chi connectivity index (χ0n) is 15.0. The van der Waals surface area contributed by atoms with Crippen molar-refractivity contribution < 1.29 is 0 Å². The summed E-state index contributed by atoms with van der Waals surface area (Å²) < 4.78 is 0. The van der Waals surface area contributed by atoms with Gasteiger partial charge in [0.15, 0.2) is 0 Å². The van der Waals surface area contributed by atoms with Crippen LogP contribution in [0.4, 0.5) is 11.4 Å². The van der Waals surface area contributed by atoms with E-state index in [1.165, 1.54) is 10.8 Å². The molecule has 0 fully saturated rings. The molecule has 0 unspecified atom stereocenters. The second-order valence-electron chi connectivity index (χ2n) is 6.26. The van der Waals surface area contributed by atoms with Crippen LogP contribution < -0.4 is 5.01 Å². The van der Waals surface area contributed by atoms with E-state index >= 15 is 0 Å². The number of hydrogen-bond acceptors (Lipinski definition) is 2. The third-order valence-corrected chi connectivity index (χ3v) is 4.49. The number of anilines is 2. The van der Waals surface area contributed by atoms with Crippen molar-refractivity contribution >= 4 is 34.4 Å². The van der Waals surface area contributed by atoms with Crippen LogP contribution in [-0.2, 0) is 0 Å². The monoisotopic (exact) mass is 348 g/mol. The lowest BCUT2D eigenvalue weighted by atomic mass is 10.1. The van der Waals surface area contributed by atoms with E-state index in [-0.39, 0.29) is 0 Å². The SMILES string of the molecule is C=Cc1ccc(/C=N/N(c2ccccc2)c2cccc3ccccc23)cc1. The number of para-hydroxylation sites is 1. The molecule has 2 heteroatoms. The van der Waals surface area contributed by atoms with Gasteiger partial charge < -0.3 is 0 Å². The normalized spacial score (nSPS) is 11.0. The zero-order valence-corrected chi connectivity index (χ0v) is 15.0. The molecular weight excluding hydrogens is 328 g/mol. The summed E-state index contributed by atoms with van der Waals surface area (Å²) in [6.45, 7) is 3.80. The van der Waals surface area contributed by atoms with Crippen LogP contribution in [0.25, 0.3) is 16.8 Å². The lowest BCUT2D eigenvalue weighted by Gasteiger charge is -2.21. The van der Waals surface area contributed by atoms with E-state index in [9.17, 15) is 0 Å². The Morgan fingerprint density at radius 3 is 2.11 bits per heavy atom. The summed E-state index contributed by atoms with van der Waals surface area (Å²) in [4.78, 5) is 0. The minimum Gasteiger partial charge on any atom is -0.233 e. The van der Waals surface area contributed by atoms with Crippen LogP contribution in [0.15, 0.2) is 109 Å². The Labute approximate surface area is 159 Å². The fraction of sp³-hybridized carbons (Fsp3) is 0. The topological polar surface area (TPSA) is 15.6 Å². The molecule has 2 nitrogen and oxygen atoms in total. The molecule has 0 heterocycles. The van der Waals surface area contributed by atoms with Gasteiger partial charge in [-0.25, -0.2) is 5.01 Å². The molecule has 0 aliphatic rings. The van der Waals surface area contributed by atoms with E-state index < -0.39 is 0 Å². The Morgan fingerprint density at radius 1 is 0.667 bits per heavy atom. The molecule has 0 aromatic heterocycles. The Balaban J connectivity index is 1.79. The first-order chi connectivity index (χ1) is 13.3. The van der Waals surface area contributed by atoms with Gasteiger partial charge in [-0.15, -0.1) is 0 Å². The van der Waals surface area contributed by atoms with Crippen molar-refractivity contribution in [3.8, 4) is 0 Å². The summed E-state index contributed by atoms with van der Waals surface area (Å²) in [5.41, 5.74) is 4.22. The summed E-state index contributed by atoms with van der Waals surface area (Å²) in [6.07, 6.45) is 3.73. The summed E-state index contributed by atoms with van der Waals surface area (Å²) in [5, 5.41) is 9.18. The lowest BCUT2D eigenvalue weighted by Crippen LogP contribution is -2.09. The molecular formula is C25H20N2. The largest absolute Gasteiger partial charge is 0.233 e. The first-order valence-electron chi connectivity index (χ1n) is 8.94. The molecule has 0 atom stereocenters. The first kappa shape index (κ1) is 16.8. The van der Waals surface area contributed by atoms with Crippen molar-refractivity contribution in [3.63, 3.8) is 0 Å². The minimum absolute atomic E-state index is 1.02. The van der Waals surface area contributed by atoms with Crippen LogP contribution in [0.1, 0.15) is 11.1 Å². The molecule has 0 amide bonds. The number of fused-ring (bicyclic) bond motifs is 1. The van der Waals surface area contributed by atoms with E-state index in [0.717, 1.165) is 22.5 Å². The van der Waals surface area contributed by atoms with E-state index in [4.69, 9.17) is 5.10 Å². The van der Waals surface area contributed by atoms with Crippen LogP contribution in [0.3, 0.4) is 0 Å². The average Bonchev–Trinajstić information content (AvgIpc) is 2.75. The molecule has 4 aromatic rings. The molecule has 0 radical (unpaired) electrons. The van der Waals surface area contributed by atoms with E-state index in [1.54, 1.807) is 0 Å². The van der Waals surface area contributed by atoms with Gasteiger partial charge in [0.25, 0.3) is 0 Å². The quantitative estimate of drug-likeness (QED) is 0.291. The standard InChI is InChI=1S/C25H20N2/c1-2-20-15-17-21(18-16-20)19-26-27(23-11-4-3-5-12-23)25-14-8-10-22-9-6-7-13-24(22)25/h2-19H,1H2/b26-19+. The Kier molecular flexibility index (Phi) is 4.80. The maximum atomic E-state index is 4.82. The van der Waals surface area contributed by atoms with Crippen molar-refractivity contribution in [1.82, 2.24) is 0 Å². The van der Waals surface area contributed by atoms with Crippen LogP contribution in [0.2, 0.25) is 0 Å². The van der Waals surface area contributed by atoms with E-state index in [2.05, 4.69) is 61.2 Å². The van der Waals surface area contributed by atoms with Crippen molar-refractivity contribution in [2.75, 3.05) is 5.01 Å². The van der Waals surface area contributed by atoms with Crippen molar-refractivity contribution in [2.24, 2.45) is 5.10 Å². The number of hydrazone groups is 1. The second-order valence-corrected chi connectivity index (χ2v) is 6.26. The second kappa shape index (κ2) is 7.71. The Morgan fingerprint density at radius 2 is 1.33 bits per heavy atom. The summed E-state index contributed by atoms with van der Waals surface area (Å²) >= 11 is 0. The molecule has 0 aliphatic heterocycles. The zero-order chi connectivity index (χ0) is 18.5. The highest BCUT2D eigenvalue weighted by Crippen LogP contribution is 2.32. The summed E-state index contributed by atoms with van der Waals surface area (Å²) in [5.74, 6) is 0. The number of hydrogen-bond donors (Lipinski definition) is 0. The average molecular weight is 348 g/mol. The van der Waals surface area contributed by atoms with Crippen LogP contribution in [-0.4, -0.2) is 6.21 Å². The maximum absolute atomic E-state index is 4.82. The third kappa shape index (κ3) is 3.65. The molecule has 0 bridgehead atoms. The predicted molar refractivity (Wildman–Crippen MR) is 117 cm³/mol. The number of benzene rings is 4. The van der Waals surface area contributed by atoms with E-state index in [1.807, 2.05) is 59.8 Å². The molecule has 4 rings (SSSR count). The van der Waals surface area contributed by atoms with Crippen LogP contribution >= 0.6 is 0 Å². The van der Waals surface area contributed by atoms with Gasteiger partial charge in [0.2, 0.25) is 0 Å². The molecule has 130 valence electrons. The fourth-order valence-electron chi connectivity index (χ4n) is 3.07. The molecule has 27 heavy (non-hydrogen) atoms. The third-order valence-electron chi connectivity index (χ3n) is 4.49. The number of rotatable bonds is 5.